The van der Waals surface area contributed by atoms with Gasteiger partial charge in [0.05, 0.1) is 20.3 Å². The molecule has 1 heterocycles. The van der Waals surface area contributed by atoms with Gasteiger partial charge >= 0.3 is 0 Å². The number of hydrogen-bond donors (Lipinski definition) is 1. The Balaban J connectivity index is 2.13. The first kappa shape index (κ1) is 18.1. The van der Waals surface area contributed by atoms with Gasteiger partial charge in [-0.15, -0.1) is 0 Å². The maximum absolute atomic E-state index is 6.33. The van der Waals surface area contributed by atoms with Crippen molar-refractivity contribution in [2.24, 2.45) is 0 Å². The number of halogens is 1. The van der Waals surface area contributed by atoms with Gasteiger partial charge in [-0.25, -0.2) is 0 Å². The predicted octanol–water partition coefficient (Wildman–Crippen LogP) is 3.74. The van der Waals surface area contributed by atoms with Gasteiger partial charge in [0.1, 0.15) is 11.5 Å². The fourth-order valence-corrected chi connectivity index (χ4v) is 3.68. The summed E-state index contributed by atoms with van der Waals surface area (Å²) in [5, 5.41) is 4.19. The molecule has 5 heteroatoms. The maximum Gasteiger partial charge on any atom is 0.124 e. The highest BCUT2D eigenvalue weighted by molar-refractivity contribution is 6.30. The van der Waals surface area contributed by atoms with E-state index in [9.17, 15) is 0 Å². The number of para-hydroxylation sites is 1. The lowest BCUT2D eigenvalue weighted by atomic mass is 9.95. The Morgan fingerprint density at radius 3 is 2.52 bits per heavy atom. The van der Waals surface area contributed by atoms with E-state index in [1.54, 1.807) is 14.2 Å². The summed E-state index contributed by atoms with van der Waals surface area (Å²) in [5.41, 5.74) is 2.20. The van der Waals surface area contributed by atoms with Crippen LogP contribution in [0.25, 0.3) is 0 Å². The third kappa shape index (κ3) is 4.09. The van der Waals surface area contributed by atoms with E-state index < -0.39 is 0 Å². The molecule has 2 aromatic carbocycles. The summed E-state index contributed by atoms with van der Waals surface area (Å²) in [4.78, 5) is 2.48. The molecule has 25 heavy (non-hydrogen) atoms. The van der Waals surface area contributed by atoms with Gasteiger partial charge in [0.15, 0.2) is 0 Å². The molecule has 0 radical (unpaired) electrons. The van der Waals surface area contributed by atoms with Crippen LogP contribution in [0.5, 0.6) is 11.5 Å². The van der Waals surface area contributed by atoms with Gasteiger partial charge in [0.2, 0.25) is 0 Å². The average molecular weight is 361 g/mol. The first-order chi connectivity index (χ1) is 12.2. The molecule has 0 spiro atoms. The fourth-order valence-electron chi connectivity index (χ4n) is 3.50. The lowest BCUT2D eigenvalue weighted by Crippen LogP contribution is -2.33. The maximum atomic E-state index is 6.33. The summed E-state index contributed by atoms with van der Waals surface area (Å²) in [6.45, 7) is 3.97. The third-order valence-corrected chi connectivity index (χ3v) is 4.89. The zero-order valence-corrected chi connectivity index (χ0v) is 15.6. The van der Waals surface area contributed by atoms with E-state index in [1.165, 1.54) is 0 Å². The molecule has 4 nitrogen and oxygen atoms in total. The molecule has 1 unspecified atom stereocenters. The van der Waals surface area contributed by atoms with E-state index in [0.717, 1.165) is 55.2 Å². The first-order valence-electron chi connectivity index (χ1n) is 8.65. The van der Waals surface area contributed by atoms with E-state index in [1.807, 2.05) is 30.3 Å². The van der Waals surface area contributed by atoms with Gasteiger partial charge in [-0.3, -0.25) is 4.90 Å². The zero-order chi connectivity index (χ0) is 17.6. The van der Waals surface area contributed by atoms with Crippen LogP contribution in [-0.4, -0.2) is 45.3 Å². The highest BCUT2D eigenvalue weighted by Crippen LogP contribution is 2.40. The fraction of sp³-hybridized carbons (Fsp3) is 0.400. The summed E-state index contributed by atoms with van der Waals surface area (Å²) in [7, 11) is 3.42. The van der Waals surface area contributed by atoms with Gasteiger partial charge in [-0.1, -0.05) is 29.8 Å². The molecular weight excluding hydrogens is 336 g/mol. The molecule has 1 saturated heterocycles. The van der Waals surface area contributed by atoms with Crippen LogP contribution in [-0.2, 0) is 0 Å². The van der Waals surface area contributed by atoms with Gasteiger partial charge in [0, 0.05) is 35.8 Å². The number of nitrogens with zero attached hydrogens (tertiary/aromatic N) is 1. The third-order valence-electron chi connectivity index (χ3n) is 4.66. The van der Waals surface area contributed by atoms with Gasteiger partial charge < -0.3 is 14.8 Å². The summed E-state index contributed by atoms with van der Waals surface area (Å²) in [6, 6.07) is 14.0. The molecule has 1 aliphatic heterocycles. The van der Waals surface area contributed by atoms with Crippen LogP contribution in [0.3, 0.4) is 0 Å². The van der Waals surface area contributed by atoms with E-state index in [4.69, 9.17) is 21.1 Å². The highest BCUT2D eigenvalue weighted by Gasteiger charge is 2.28. The molecule has 0 aromatic heterocycles. The topological polar surface area (TPSA) is 33.7 Å². The van der Waals surface area contributed by atoms with Crippen LogP contribution in [0.1, 0.15) is 23.6 Å². The van der Waals surface area contributed by atoms with Crippen LogP contribution < -0.4 is 14.8 Å². The molecule has 134 valence electrons. The van der Waals surface area contributed by atoms with Gasteiger partial charge in [-0.05, 0) is 37.2 Å². The van der Waals surface area contributed by atoms with Crippen molar-refractivity contribution in [2.75, 3.05) is 40.4 Å². The Morgan fingerprint density at radius 2 is 1.72 bits per heavy atom. The normalized spacial score (nSPS) is 16.9. The molecule has 1 atom stereocenters. The molecule has 3 rings (SSSR count). The van der Waals surface area contributed by atoms with E-state index in [0.29, 0.717) is 5.02 Å². The van der Waals surface area contributed by atoms with E-state index >= 15 is 0 Å². The number of rotatable bonds is 5. The number of ether oxygens (including phenoxy) is 2. The summed E-state index contributed by atoms with van der Waals surface area (Å²) >= 11 is 6.33. The van der Waals surface area contributed by atoms with Crippen LogP contribution in [0, 0.1) is 0 Å². The van der Waals surface area contributed by atoms with Crippen molar-refractivity contribution in [1.29, 1.82) is 0 Å². The quantitative estimate of drug-likeness (QED) is 0.880. The number of nitrogens with one attached hydrogen (secondary N) is 1. The van der Waals surface area contributed by atoms with Crippen molar-refractivity contribution in [2.45, 2.75) is 12.5 Å². The summed E-state index contributed by atoms with van der Waals surface area (Å²) in [6.07, 6.45) is 1.11. The minimum absolute atomic E-state index is 0.0321. The monoisotopic (exact) mass is 360 g/mol. The minimum Gasteiger partial charge on any atom is -0.496 e. The number of benzene rings is 2. The largest absolute Gasteiger partial charge is 0.496 e. The molecule has 0 aliphatic carbocycles. The zero-order valence-electron chi connectivity index (χ0n) is 14.8. The predicted molar refractivity (Wildman–Crippen MR) is 102 cm³/mol. The SMILES string of the molecule is COc1ccccc1C(c1cc(Cl)ccc1OC)N1CCCNCC1. The van der Waals surface area contributed by atoms with Crippen LogP contribution in [0.4, 0.5) is 0 Å². The lowest BCUT2D eigenvalue weighted by Gasteiger charge is -2.33. The molecule has 0 amide bonds. The van der Waals surface area contributed by atoms with Crippen LogP contribution >= 0.6 is 11.6 Å². The second-order valence-corrected chi connectivity index (χ2v) is 6.61. The molecule has 1 N–H and O–H groups in total. The second-order valence-electron chi connectivity index (χ2n) is 6.17. The summed E-state index contributed by atoms with van der Waals surface area (Å²) in [5.74, 6) is 1.73. The van der Waals surface area contributed by atoms with Crippen molar-refractivity contribution in [3.8, 4) is 11.5 Å². The summed E-state index contributed by atoms with van der Waals surface area (Å²) < 4.78 is 11.3. The molecule has 0 bridgehead atoms. The van der Waals surface area contributed by atoms with Crippen LogP contribution in [0.2, 0.25) is 5.02 Å². The molecular formula is C20H25ClN2O2. The smallest absolute Gasteiger partial charge is 0.124 e. The van der Waals surface area contributed by atoms with E-state index in [-0.39, 0.29) is 6.04 Å². The second kappa shape index (κ2) is 8.56. The highest BCUT2D eigenvalue weighted by atomic mass is 35.5. The van der Waals surface area contributed by atoms with Crippen molar-refractivity contribution >= 4 is 11.6 Å². The van der Waals surface area contributed by atoms with Crippen molar-refractivity contribution in [1.82, 2.24) is 10.2 Å². The molecule has 0 saturated carbocycles. The molecule has 2 aromatic rings. The van der Waals surface area contributed by atoms with Crippen LogP contribution in [0.15, 0.2) is 42.5 Å². The number of hydrogen-bond acceptors (Lipinski definition) is 4. The Bertz CT molecular complexity index is 700. The Labute approximate surface area is 154 Å². The van der Waals surface area contributed by atoms with Gasteiger partial charge in [0.25, 0.3) is 0 Å². The first-order valence-corrected chi connectivity index (χ1v) is 9.03. The van der Waals surface area contributed by atoms with E-state index in [2.05, 4.69) is 22.3 Å². The van der Waals surface area contributed by atoms with Gasteiger partial charge in [-0.2, -0.15) is 0 Å². The van der Waals surface area contributed by atoms with Crippen molar-refractivity contribution < 1.29 is 9.47 Å². The molecule has 1 fully saturated rings. The Morgan fingerprint density at radius 1 is 0.960 bits per heavy atom. The Hall–Kier alpha value is -1.75. The van der Waals surface area contributed by atoms with Crippen molar-refractivity contribution in [3.63, 3.8) is 0 Å². The number of methoxy groups -OCH3 is 2. The minimum atomic E-state index is 0.0321. The standard InChI is InChI=1S/C20H25ClN2O2/c1-24-18-7-4-3-6-16(18)20(23-12-5-10-22-11-13-23)17-14-15(21)8-9-19(17)25-2/h3-4,6-9,14,20,22H,5,10-13H2,1-2H3. The van der Waals surface area contributed by atoms with Crippen molar-refractivity contribution in [3.05, 3.63) is 58.6 Å². The Kier molecular flexibility index (Phi) is 6.19. The lowest BCUT2D eigenvalue weighted by molar-refractivity contribution is 0.231. The molecule has 1 aliphatic rings. The average Bonchev–Trinajstić information content (AvgIpc) is 2.92.